The molecule has 0 unspecified atom stereocenters. The monoisotopic (exact) mass is 399 g/mol. The van der Waals surface area contributed by atoms with Gasteiger partial charge in [0.2, 0.25) is 0 Å². The van der Waals surface area contributed by atoms with E-state index in [2.05, 4.69) is 63.0 Å². The smallest absolute Gasteiger partial charge is 0.100 e. The Balaban J connectivity index is 2.53. The van der Waals surface area contributed by atoms with Crippen molar-refractivity contribution in [2.75, 3.05) is 31.0 Å². The average Bonchev–Trinajstić information content (AvgIpc) is 2.67. The third kappa shape index (κ3) is 5.48. The van der Waals surface area contributed by atoms with Gasteiger partial charge < -0.3 is 14.8 Å². The van der Waals surface area contributed by atoms with Crippen molar-refractivity contribution in [2.24, 2.45) is 0 Å². The van der Waals surface area contributed by atoms with Gasteiger partial charge in [0.25, 0.3) is 0 Å². The van der Waals surface area contributed by atoms with Gasteiger partial charge in [-0.3, -0.25) is 0 Å². The van der Waals surface area contributed by atoms with Crippen molar-refractivity contribution >= 4 is 28.6 Å². The summed E-state index contributed by atoms with van der Waals surface area (Å²) in [6.07, 6.45) is 7.21. The number of hydrogen-bond acceptors (Lipinski definition) is 4. The molecular weight excluding hydrogens is 366 g/mol. The van der Waals surface area contributed by atoms with Gasteiger partial charge in [-0.05, 0) is 50.1 Å². The first-order chi connectivity index (χ1) is 13.3. The standard InChI is InChI=1S/C24H33NO2S/c1-8-12-28-16-19-15-24(4,5)25-23-11-10-18(13-22(19)23)21(17(3)26-6)14-20(9-2)27-7/h8,10-11,13-15,25H,1,9,12,16H2,2-7H3/b20-14+,21-17-. The molecule has 4 heteroatoms. The average molecular weight is 400 g/mol. The summed E-state index contributed by atoms with van der Waals surface area (Å²) in [5.74, 6) is 3.72. The number of allylic oxidation sites excluding steroid dienone is 4. The van der Waals surface area contributed by atoms with Gasteiger partial charge >= 0.3 is 0 Å². The predicted molar refractivity (Wildman–Crippen MR) is 125 cm³/mol. The van der Waals surface area contributed by atoms with Gasteiger partial charge in [-0.15, -0.1) is 6.58 Å². The SMILES string of the molecule is C=CCSCC1=CC(C)(C)Nc2ccc(C(/C=C(\CC)OC)=C(/C)OC)cc21. The highest BCUT2D eigenvalue weighted by molar-refractivity contribution is 7.99. The van der Waals surface area contributed by atoms with E-state index in [-0.39, 0.29) is 5.54 Å². The molecule has 3 nitrogen and oxygen atoms in total. The van der Waals surface area contributed by atoms with Gasteiger partial charge in [0, 0.05) is 34.8 Å². The lowest BCUT2D eigenvalue weighted by molar-refractivity contribution is 0.279. The van der Waals surface area contributed by atoms with E-state index < -0.39 is 0 Å². The van der Waals surface area contributed by atoms with E-state index in [4.69, 9.17) is 9.47 Å². The fourth-order valence-electron chi connectivity index (χ4n) is 3.32. The van der Waals surface area contributed by atoms with E-state index in [9.17, 15) is 0 Å². The number of hydrogen-bond donors (Lipinski definition) is 1. The lowest BCUT2D eigenvalue weighted by Crippen LogP contribution is -2.32. The molecule has 1 heterocycles. The van der Waals surface area contributed by atoms with E-state index in [1.807, 2.05) is 24.8 Å². The largest absolute Gasteiger partial charge is 0.501 e. The molecule has 0 atom stereocenters. The molecule has 1 aliphatic heterocycles. The molecule has 0 saturated carbocycles. The zero-order chi connectivity index (χ0) is 20.7. The van der Waals surface area contributed by atoms with Crippen molar-refractivity contribution in [3.05, 3.63) is 65.7 Å². The molecule has 1 aliphatic rings. The highest BCUT2D eigenvalue weighted by atomic mass is 32.2. The maximum Gasteiger partial charge on any atom is 0.100 e. The molecule has 0 amide bonds. The highest BCUT2D eigenvalue weighted by Crippen LogP contribution is 2.38. The lowest BCUT2D eigenvalue weighted by Gasteiger charge is -2.32. The van der Waals surface area contributed by atoms with Crippen LogP contribution >= 0.6 is 11.8 Å². The number of thioether (sulfide) groups is 1. The van der Waals surface area contributed by atoms with E-state index in [0.717, 1.165) is 40.6 Å². The van der Waals surface area contributed by atoms with Crippen molar-refractivity contribution in [3.8, 4) is 0 Å². The minimum absolute atomic E-state index is 0.0644. The van der Waals surface area contributed by atoms with Crippen molar-refractivity contribution in [1.82, 2.24) is 0 Å². The zero-order valence-corrected chi connectivity index (χ0v) is 18.8. The second-order valence-corrected chi connectivity index (χ2v) is 8.45. The van der Waals surface area contributed by atoms with Crippen LogP contribution in [-0.2, 0) is 9.47 Å². The molecule has 0 radical (unpaired) electrons. The molecule has 1 N–H and O–H groups in total. The van der Waals surface area contributed by atoms with Gasteiger partial charge in [-0.25, -0.2) is 0 Å². The Kier molecular flexibility index (Phi) is 7.88. The first-order valence-electron chi connectivity index (χ1n) is 9.68. The molecule has 1 aromatic carbocycles. The first kappa shape index (κ1) is 22.2. The van der Waals surface area contributed by atoms with E-state index in [1.54, 1.807) is 14.2 Å². The lowest BCUT2D eigenvalue weighted by atomic mass is 9.89. The first-order valence-corrected chi connectivity index (χ1v) is 10.8. The third-order valence-corrected chi connectivity index (χ3v) is 5.75. The van der Waals surface area contributed by atoms with Gasteiger partial charge in [-0.2, -0.15) is 11.8 Å². The Bertz CT molecular complexity index is 797. The van der Waals surface area contributed by atoms with E-state index >= 15 is 0 Å². The number of benzene rings is 1. The topological polar surface area (TPSA) is 30.5 Å². The number of rotatable bonds is 9. The summed E-state index contributed by atoms with van der Waals surface area (Å²) < 4.78 is 11.1. The molecule has 0 fully saturated rings. The van der Waals surface area contributed by atoms with Crippen LogP contribution < -0.4 is 5.32 Å². The van der Waals surface area contributed by atoms with Gasteiger partial charge in [0.05, 0.1) is 25.5 Å². The fourth-order valence-corrected chi connectivity index (χ4v) is 4.06. The minimum Gasteiger partial charge on any atom is -0.501 e. The predicted octanol–water partition coefficient (Wildman–Crippen LogP) is 6.51. The third-order valence-electron chi connectivity index (χ3n) is 4.76. The number of anilines is 1. The molecule has 152 valence electrons. The fraction of sp³-hybridized carbons (Fsp3) is 0.417. The molecule has 2 rings (SSSR count). The molecular formula is C24H33NO2S. The number of methoxy groups -OCH3 is 2. The molecule has 1 aromatic rings. The molecule has 0 spiro atoms. The van der Waals surface area contributed by atoms with Gasteiger partial charge in [0.1, 0.15) is 5.76 Å². The van der Waals surface area contributed by atoms with Crippen molar-refractivity contribution < 1.29 is 9.47 Å². The van der Waals surface area contributed by atoms with E-state index in [0.29, 0.717) is 0 Å². The Morgan fingerprint density at radius 1 is 1.25 bits per heavy atom. The Morgan fingerprint density at radius 3 is 2.61 bits per heavy atom. The van der Waals surface area contributed by atoms with Crippen LogP contribution in [0.1, 0.15) is 45.2 Å². The van der Waals surface area contributed by atoms with Crippen LogP contribution in [0.25, 0.3) is 11.1 Å². The minimum atomic E-state index is -0.0644. The van der Waals surface area contributed by atoms with Crippen molar-refractivity contribution in [3.63, 3.8) is 0 Å². The Hall–Kier alpha value is -2.07. The molecule has 0 bridgehead atoms. The molecule has 0 aromatic heterocycles. The van der Waals surface area contributed by atoms with Crippen LogP contribution in [0.2, 0.25) is 0 Å². The summed E-state index contributed by atoms with van der Waals surface area (Å²) in [5.41, 5.74) is 5.89. The summed E-state index contributed by atoms with van der Waals surface area (Å²) in [5, 5.41) is 3.64. The normalized spacial score (nSPS) is 16.4. The Labute approximate surface area is 174 Å². The molecule has 28 heavy (non-hydrogen) atoms. The summed E-state index contributed by atoms with van der Waals surface area (Å²) >= 11 is 1.88. The Morgan fingerprint density at radius 2 is 2.00 bits per heavy atom. The van der Waals surface area contributed by atoms with Crippen LogP contribution in [0.3, 0.4) is 0 Å². The number of ether oxygens (including phenoxy) is 2. The molecule has 0 saturated heterocycles. The highest BCUT2D eigenvalue weighted by Gasteiger charge is 2.24. The van der Waals surface area contributed by atoms with Crippen LogP contribution in [0.5, 0.6) is 0 Å². The van der Waals surface area contributed by atoms with Crippen LogP contribution in [0, 0.1) is 0 Å². The second kappa shape index (κ2) is 9.92. The second-order valence-electron chi connectivity index (χ2n) is 7.42. The summed E-state index contributed by atoms with van der Waals surface area (Å²) in [6, 6.07) is 6.58. The van der Waals surface area contributed by atoms with Crippen LogP contribution in [0.15, 0.2) is 54.5 Å². The van der Waals surface area contributed by atoms with E-state index in [1.165, 1.54) is 16.8 Å². The summed E-state index contributed by atoms with van der Waals surface area (Å²) in [4.78, 5) is 0. The van der Waals surface area contributed by atoms with Gasteiger partial charge in [-0.1, -0.05) is 25.1 Å². The maximum absolute atomic E-state index is 5.57. The summed E-state index contributed by atoms with van der Waals surface area (Å²) in [7, 11) is 3.42. The quantitative estimate of drug-likeness (QED) is 0.222. The molecule has 0 aliphatic carbocycles. The summed E-state index contributed by atoms with van der Waals surface area (Å²) in [6.45, 7) is 12.3. The van der Waals surface area contributed by atoms with Crippen LogP contribution in [0.4, 0.5) is 5.69 Å². The van der Waals surface area contributed by atoms with Crippen LogP contribution in [-0.4, -0.2) is 31.3 Å². The van der Waals surface area contributed by atoms with Crippen molar-refractivity contribution in [1.29, 1.82) is 0 Å². The maximum atomic E-state index is 5.57. The number of nitrogens with one attached hydrogen (secondary N) is 1. The zero-order valence-electron chi connectivity index (χ0n) is 18.0. The van der Waals surface area contributed by atoms with Crippen molar-refractivity contribution in [2.45, 2.75) is 39.7 Å². The van der Waals surface area contributed by atoms with Gasteiger partial charge in [0.15, 0.2) is 0 Å². The number of fused-ring (bicyclic) bond motifs is 1.